The van der Waals surface area contributed by atoms with Crippen molar-refractivity contribution in [3.05, 3.63) is 66.7 Å². The van der Waals surface area contributed by atoms with E-state index in [0.717, 1.165) is 54.3 Å². The number of methoxy groups -OCH3 is 1. The zero-order valence-corrected chi connectivity index (χ0v) is 19.2. The molecule has 3 heterocycles. The Hall–Kier alpha value is -3.69. The number of aliphatic carboxylic acids is 1. The minimum absolute atomic E-state index is 0.00711. The predicted molar refractivity (Wildman–Crippen MR) is 129 cm³/mol. The van der Waals surface area contributed by atoms with Crippen LogP contribution in [-0.4, -0.2) is 55.1 Å². The Labute approximate surface area is 197 Å². The molecule has 5 rings (SSSR count). The molecular weight excluding hydrogens is 432 g/mol. The van der Waals surface area contributed by atoms with Crippen LogP contribution in [0.2, 0.25) is 0 Å². The summed E-state index contributed by atoms with van der Waals surface area (Å²) in [6.07, 6.45) is 6.21. The molecule has 0 amide bonds. The van der Waals surface area contributed by atoms with Crippen LogP contribution in [-0.2, 0) is 9.53 Å². The van der Waals surface area contributed by atoms with Crippen LogP contribution in [0.4, 0.5) is 0 Å². The average molecular weight is 461 g/mol. The monoisotopic (exact) mass is 460 g/mol. The molecule has 4 aromatic rings. The van der Waals surface area contributed by atoms with Gasteiger partial charge in [0.15, 0.2) is 5.82 Å². The van der Waals surface area contributed by atoms with Crippen LogP contribution in [0.5, 0.6) is 0 Å². The fourth-order valence-electron chi connectivity index (χ4n) is 4.28. The Balaban J connectivity index is 0.000000636. The van der Waals surface area contributed by atoms with Gasteiger partial charge in [-0.15, -0.1) is 5.10 Å². The standard InChI is InChI=1S/C23H24N6O.C2H4O2/c1-30-20-14-16(9-10-18(20)24)22-27-21(19-8-4-5-12-25-19)28-29(22)23-17-7-3-2-6-15(17)11-13-26-23;1-2(3)4/h2-8,11-13,16,18,20H,9-10,14,24H2,1H3;1H3,(H,3,4)/t16-,18+,20+;/m0./s1. The highest BCUT2D eigenvalue weighted by molar-refractivity contribution is 5.88. The fourth-order valence-corrected chi connectivity index (χ4v) is 4.28. The quantitative estimate of drug-likeness (QED) is 0.473. The largest absolute Gasteiger partial charge is 0.481 e. The van der Waals surface area contributed by atoms with E-state index in [9.17, 15) is 0 Å². The van der Waals surface area contributed by atoms with E-state index in [0.29, 0.717) is 5.82 Å². The number of nitrogens with zero attached hydrogens (tertiary/aromatic N) is 5. The number of carboxylic acids is 1. The van der Waals surface area contributed by atoms with Gasteiger partial charge in [-0.25, -0.2) is 9.97 Å². The van der Waals surface area contributed by atoms with E-state index in [-0.39, 0.29) is 18.1 Å². The van der Waals surface area contributed by atoms with Crippen molar-refractivity contribution in [2.75, 3.05) is 7.11 Å². The van der Waals surface area contributed by atoms with E-state index >= 15 is 0 Å². The van der Waals surface area contributed by atoms with Crippen LogP contribution in [0, 0.1) is 0 Å². The Morgan fingerprint density at radius 3 is 2.59 bits per heavy atom. The highest BCUT2D eigenvalue weighted by Gasteiger charge is 2.33. The molecule has 0 aliphatic heterocycles. The summed E-state index contributed by atoms with van der Waals surface area (Å²) in [6, 6.07) is 16.0. The van der Waals surface area contributed by atoms with Crippen molar-refractivity contribution in [2.45, 2.75) is 44.2 Å². The summed E-state index contributed by atoms with van der Waals surface area (Å²) in [5, 5.41) is 14.4. The second-order valence-corrected chi connectivity index (χ2v) is 8.24. The summed E-state index contributed by atoms with van der Waals surface area (Å²) in [4.78, 5) is 23.1. The van der Waals surface area contributed by atoms with E-state index in [1.54, 1.807) is 13.3 Å². The van der Waals surface area contributed by atoms with Gasteiger partial charge in [-0.3, -0.25) is 9.78 Å². The maximum atomic E-state index is 9.00. The Morgan fingerprint density at radius 1 is 1.09 bits per heavy atom. The first-order chi connectivity index (χ1) is 16.5. The number of benzene rings is 1. The summed E-state index contributed by atoms with van der Waals surface area (Å²) in [5.41, 5.74) is 7.00. The predicted octanol–water partition coefficient (Wildman–Crippen LogP) is 3.58. The molecule has 3 aromatic heterocycles. The number of fused-ring (bicyclic) bond motifs is 1. The molecule has 0 radical (unpaired) electrons. The number of ether oxygens (including phenoxy) is 1. The Morgan fingerprint density at radius 2 is 1.85 bits per heavy atom. The topological polar surface area (TPSA) is 129 Å². The zero-order valence-electron chi connectivity index (χ0n) is 19.2. The summed E-state index contributed by atoms with van der Waals surface area (Å²) in [6.45, 7) is 1.08. The minimum atomic E-state index is -0.833. The number of carboxylic acid groups (broad SMARTS) is 1. The summed E-state index contributed by atoms with van der Waals surface area (Å²) < 4.78 is 7.54. The smallest absolute Gasteiger partial charge is 0.300 e. The lowest BCUT2D eigenvalue weighted by Gasteiger charge is -2.32. The fraction of sp³-hybridized carbons (Fsp3) is 0.320. The van der Waals surface area contributed by atoms with Crippen LogP contribution in [0.15, 0.2) is 60.9 Å². The van der Waals surface area contributed by atoms with Crippen LogP contribution in [0.3, 0.4) is 0 Å². The normalized spacial score (nSPS) is 19.9. The van der Waals surface area contributed by atoms with E-state index in [4.69, 9.17) is 30.5 Å². The third-order valence-electron chi connectivity index (χ3n) is 5.89. The van der Waals surface area contributed by atoms with Gasteiger partial charge in [0, 0.05) is 43.8 Å². The van der Waals surface area contributed by atoms with Crippen molar-refractivity contribution in [1.82, 2.24) is 24.7 Å². The first-order valence-electron chi connectivity index (χ1n) is 11.2. The molecule has 1 aliphatic carbocycles. The zero-order chi connectivity index (χ0) is 24.1. The Kier molecular flexibility index (Phi) is 7.24. The molecule has 9 nitrogen and oxygen atoms in total. The van der Waals surface area contributed by atoms with E-state index < -0.39 is 5.97 Å². The van der Waals surface area contributed by atoms with Gasteiger partial charge in [-0.05, 0) is 42.8 Å². The lowest BCUT2D eigenvalue weighted by molar-refractivity contribution is -0.134. The van der Waals surface area contributed by atoms with Crippen molar-refractivity contribution < 1.29 is 14.6 Å². The summed E-state index contributed by atoms with van der Waals surface area (Å²) in [5.74, 6) is 1.61. The second-order valence-electron chi connectivity index (χ2n) is 8.24. The molecule has 1 aliphatic rings. The molecule has 34 heavy (non-hydrogen) atoms. The maximum Gasteiger partial charge on any atom is 0.300 e. The van der Waals surface area contributed by atoms with Gasteiger partial charge < -0.3 is 15.6 Å². The summed E-state index contributed by atoms with van der Waals surface area (Å²) in [7, 11) is 1.73. The Bertz CT molecular complexity index is 1250. The third-order valence-corrected chi connectivity index (χ3v) is 5.89. The molecule has 0 saturated heterocycles. The van der Waals surface area contributed by atoms with Gasteiger partial charge in [-0.2, -0.15) is 4.68 Å². The molecule has 0 bridgehead atoms. The third kappa shape index (κ3) is 5.11. The van der Waals surface area contributed by atoms with Crippen molar-refractivity contribution in [3.63, 3.8) is 0 Å². The first kappa shape index (κ1) is 23.5. The molecule has 0 unspecified atom stereocenters. The van der Waals surface area contributed by atoms with Crippen LogP contribution < -0.4 is 5.73 Å². The van der Waals surface area contributed by atoms with Gasteiger partial charge >= 0.3 is 0 Å². The van der Waals surface area contributed by atoms with Gasteiger partial charge in [0.05, 0.1) is 6.10 Å². The first-order valence-corrected chi connectivity index (χ1v) is 11.2. The van der Waals surface area contributed by atoms with Crippen molar-refractivity contribution in [3.8, 4) is 17.3 Å². The van der Waals surface area contributed by atoms with Crippen LogP contribution >= 0.6 is 0 Å². The van der Waals surface area contributed by atoms with Gasteiger partial charge in [0.2, 0.25) is 5.82 Å². The molecule has 0 spiro atoms. The molecule has 1 aromatic carbocycles. The number of pyridine rings is 2. The number of hydrogen-bond acceptors (Lipinski definition) is 7. The molecule has 1 fully saturated rings. The van der Waals surface area contributed by atoms with Crippen LogP contribution in [0.25, 0.3) is 28.1 Å². The van der Waals surface area contributed by atoms with E-state index in [2.05, 4.69) is 22.1 Å². The molecular formula is C25H28N6O3. The minimum Gasteiger partial charge on any atom is -0.481 e. The lowest BCUT2D eigenvalue weighted by atomic mass is 9.83. The molecule has 3 atom stereocenters. The molecule has 9 heteroatoms. The number of rotatable bonds is 4. The highest BCUT2D eigenvalue weighted by Crippen LogP contribution is 2.35. The van der Waals surface area contributed by atoms with Crippen molar-refractivity contribution in [2.24, 2.45) is 5.73 Å². The summed E-state index contributed by atoms with van der Waals surface area (Å²) >= 11 is 0. The number of aromatic nitrogens is 5. The van der Waals surface area contributed by atoms with Crippen molar-refractivity contribution >= 4 is 16.7 Å². The van der Waals surface area contributed by atoms with Crippen LogP contribution in [0.1, 0.15) is 37.9 Å². The second kappa shape index (κ2) is 10.5. The molecule has 1 saturated carbocycles. The lowest BCUT2D eigenvalue weighted by Crippen LogP contribution is -2.41. The highest BCUT2D eigenvalue weighted by atomic mass is 16.5. The average Bonchev–Trinajstić information content (AvgIpc) is 3.29. The number of carbonyl (C=O) groups is 1. The molecule has 176 valence electrons. The number of hydrogen-bond donors (Lipinski definition) is 2. The SMILES string of the molecule is CC(=O)O.CO[C@@H]1C[C@@H](c2nc(-c3ccccn3)nn2-c2nccc3ccccc23)CC[C@H]1N. The van der Waals surface area contributed by atoms with E-state index in [1.807, 2.05) is 47.3 Å². The number of nitrogens with two attached hydrogens (primary N) is 1. The molecule has 3 N–H and O–H groups in total. The maximum absolute atomic E-state index is 9.00. The van der Waals surface area contributed by atoms with Gasteiger partial charge in [-0.1, -0.05) is 30.3 Å². The van der Waals surface area contributed by atoms with Gasteiger partial charge in [0.25, 0.3) is 5.97 Å². The van der Waals surface area contributed by atoms with E-state index in [1.165, 1.54) is 0 Å². The van der Waals surface area contributed by atoms with Gasteiger partial charge in [0.1, 0.15) is 11.5 Å². The van der Waals surface area contributed by atoms with Crippen molar-refractivity contribution in [1.29, 1.82) is 0 Å².